The van der Waals surface area contributed by atoms with E-state index in [1.54, 1.807) is 6.92 Å². The van der Waals surface area contributed by atoms with Gasteiger partial charge in [-0.3, -0.25) is 4.79 Å². The second-order valence-electron chi connectivity index (χ2n) is 3.04. The van der Waals surface area contributed by atoms with Crippen LogP contribution in [0.2, 0.25) is 0 Å². The van der Waals surface area contributed by atoms with Crippen molar-refractivity contribution in [2.75, 3.05) is 13.7 Å². The van der Waals surface area contributed by atoms with Gasteiger partial charge >= 0.3 is 5.97 Å². The Bertz CT molecular complexity index is 499. The van der Waals surface area contributed by atoms with Crippen molar-refractivity contribution in [2.24, 2.45) is 0 Å². The number of ether oxygens (including phenoxy) is 1. The van der Waals surface area contributed by atoms with Gasteiger partial charge in [0.1, 0.15) is 3.92 Å². The number of carbonyl (C=O) groups is 1. The van der Waals surface area contributed by atoms with E-state index in [0.717, 1.165) is 11.3 Å². The lowest BCUT2D eigenvalue weighted by Crippen LogP contribution is -2.33. The molecule has 1 N–H and O–H groups in total. The second kappa shape index (κ2) is 6.07. The van der Waals surface area contributed by atoms with Crippen molar-refractivity contribution in [3.63, 3.8) is 0 Å². The maximum Gasteiger partial charge on any atom is 0.319 e. The van der Waals surface area contributed by atoms with Gasteiger partial charge in [0.15, 0.2) is 4.21 Å². The molecule has 9 heteroatoms. The number of aromatic nitrogens is 1. The van der Waals surface area contributed by atoms with Crippen LogP contribution in [0.3, 0.4) is 0 Å². The van der Waals surface area contributed by atoms with Crippen molar-refractivity contribution in [3.8, 4) is 0 Å². The summed E-state index contributed by atoms with van der Waals surface area (Å²) in [5, 5.41) is 0.671. The number of nitrogens with zero attached hydrogens (tertiary/aromatic N) is 1. The third kappa shape index (κ3) is 4.16. The summed E-state index contributed by atoms with van der Waals surface area (Å²) >= 11 is 2.90. The van der Waals surface area contributed by atoms with Crippen LogP contribution in [-0.4, -0.2) is 37.0 Å². The van der Waals surface area contributed by atoms with Crippen LogP contribution in [0.4, 0.5) is 0 Å². The molecule has 0 aromatic carbocycles. The van der Waals surface area contributed by atoms with Crippen molar-refractivity contribution in [1.29, 1.82) is 0 Å². The summed E-state index contributed by atoms with van der Waals surface area (Å²) in [7, 11) is -2.32. The molecule has 0 aliphatic rings. The quantitative estimate of drug-likeness (QED) is 0.455. The first kappa shape index (κ1) is 14.8. The van der Waals surface area contributed by atoms with Gasteiger partial charge in [-0.05, 0) is 6.92 Å². The number of rotatable bonds is 5. The summed E-state index contributed by atoms with van der Waals surface area (Å²) < 4.78 is 30.0. The zero-order valence-electron chi connectivity index (χ0n) is 9.14. The molecule has 1 atom stereocenters. The van der Waals surface area contributed by atoms with E-state index in [2.05, 4.69) is 14.4 Å². The number of nitrogens with one attached hydrogen (secondary N) is 1. The summed E-state index contributed by atoms with van der Waals surface area (Å²) in [6.07, 6.45) is 1.29. The molecule has 1 heterocycles. The van der Waals surface area contributed by atoms with E-state index in [1.165, 1.54) is 13.3 Å². The highest BCUT2D eigenvalue weighted by Gasteiger charge is 2.21. The van der Waals surface area contributed by atoms with Crippen molar-refractivity contribution < 1.29 is 17.9 Å². The Morgan fingerprint density at radius 2 is 2.35 bits per heavy atom. The second-order valence-corrected chi connectivity index (χ2v) is 7.77. The number of halogens is 1. The summed E-state index contributed by atoms with van der Waals surface area (Å²) in [5.41, 5.74) is 0. The van der Waals surface area contributed by atoms with Gasteiger partial charge in [0.2, 0.25) is 0 Å². The summed E-state index contributed by atoms with van der Waals surface area (Å²) in [6.45, 7) is 1.71. The molecule has 0 saturated carbocycles. The maximum absolute atomic E-state index is 11.8. The summed E-state index contributed by atoms with van der Waals surface area (Å²) in [5.74, 6) is -0.464. The third-order valence-corrected chi connectivity index (χ3v) is 5.52. The Morgan fingerprint density at radius 1 is 1.71 bits per heavy atom. The van der Waals surface area contributed by atoms with Gasteiger partial charge in [-0.15, -0.1) is 11.3 Å². The molecule has 6 nitrogen and oxygen atoms in total. The maximum atomic E-state index is 11.8. The van der Waals surface area contributed by atoms with E-state index in [1.807, 2.05) is 22.6 Å². The number of alkyl halides is 1. The molecular formula is C8H11IN2O4S2. The predicted molar refractivity (Wildman–Crippen MR) is 71.9 cm³/mol. The molecule has 1 unspecified atom stereocenters. The van der Waals surface area contributed by atoms with Gasteiger partial charge in [-0.25, -0.2) is 18.1 Å². The van der Waals surface area contributed by atoms with E-state index in [-0.39, 0.29) is 10.8 Å². The van der Waals surface area contributed by atoms with Crippen LogP contribution in [0, 0.1) is 6.92 Å². The lowest BCUT2D eigenvalue weighted by atomic mass is 10.4. The zero-order valence-corrected chi connectivity index (χ0v) is 12.9. The van der Waals surface area contributed by atoms with E-state index in [9.17, 15) is 13.2 Å². The zero-order chi connectivity index (χ0) is 13.1. The minimum atomic E-state index is -3.58. The number of sulfonamides is 1. The van der Waals surface area contributed by atoms with E-state index >= 15 is 0 Å². The van der Waals surface area contributed by atoms with Crippen LogP contribution in [-0.2, 0) is 19.6 Å². The smallest absolute Gasteiger partial charge is 0.319 e. The number of carbonyl (C=O) groups excluding carboxylic acids is 1. The molecule has 1 rings (SSSR count). The summed E-state index contributed by atoms with van der Waals surface area (Å²) in [6, 6.07) is 0. The molecule has 0 aliphatic carbocycles. The van der Waals surface area contributed by atoms with Gasteiger partial charge in [-0.1, -0.05) is 22.6 Å². The third-order valence-electron chi connectivity index (χ3n) is 1.77. The molecule has 0 aliphatic heterocycles. The molecular weight excluding hydrogens is 379 g/mol. The molecule has 0 spiro atoms. The normalized spacial score (nSPS) is 13.4. The molecule has 0 radical (unpaired) electrons. The average molecular weight is 390 g/mol. The van der Waals surface area contributed by atoms with E-state index < -0.39 is 19.9 Å². The number of aryl methyl sites for hydroxylation is 1. The first-order chi connectivity index (χ1) is 7.86. The van der Waals surface area contributed by atoms with Crippen molar-refractivity contribution in [2.45, 2.75) is 15.1 Å². The predicted octanol–water partition coefficient (Wildman–Crippen LogP) is 0.706. The molecule has 17 heavy (non-hydrogen) atoms. The largest absolute Gasteiger partial charge is 0.468 e. The van der Waals surface area contributed by atoms with Crippen LogP contribution in [0.5, 0.6) is 0 Å². The van der Waals surface area contributed by atoms with Crippen LogP contribution in [0.25, 0.3) is 0 Å². The number of hydrogen-bond donors (Lipinski definition) is 1. The van der Waals surface area contributed by atoms with Gasteiger partial charge in [-0.2, -0.15) is 0 Å². The lowest BCUT2D eigenvalue weighted by Gasteiger charge is -2.08. The van der Waals surface area contributed by atoms with Gasteiger partial charge < -0.3 is 4.74 Å². The monoisotopic (exact) mass is 390 g/mol. The Hall–Kier alpha value is -0.260. The Labute approximate surface area is 117 Å². The van der Waals surface area contributed by atoms with Gasteiger partial charge in [0.25, 0.3) is 10.0 Å². The van der Waals surface area contributed by atoms with Crippen LogP contribution in [0.1, 0.15) is 5.01 Å². The molecule has 1 aromatic rings. The fourth-order valence-corrected chi connectivity index (χ4v) is 3.90. The van der Waals surface area contributed by atoms with Crippen molar-refractivity contribution in [1.82, 2.24) is 9.71 Å². The highest BCUT2D eigenvalue weighted by Crippen LogP contribution is 2.17. The number of methoxy groups -OCH3 is 1. The first-order valence-electron chi connectivity index (χ1n) is 4.51. The van der Waals surface area contributed by atoms with Crippen molar-refractivity contribution in [3.05, 3.63) is 11.2 Å². The first-order valence-corrected chi connectivity index (χ1v) is 8.05. The SMILES string of the molecule is COC(=O)C(I)CNS(=O)(=O)c1cnc(C)s1. The van der Waals surface area contributed by atoms with Crippen LogP contribution in [0.15, 0.2) is 10.4 Å². The summed E-state index contributed by atoms with van der Waals surface area (Å²) in [4.78, 5) is 15.0. The number of hydrogen-bond acceptors (Lipinski definition) is 6. The Balaban J connectivity index is 2.66. The highest BCUT2D eigenvalue weighted by molar-refractivity contribution is 14.1. The average Bonchev–Trinajstić information content (AvgIpc) is 2.72. The Kier molecular flexibility index (Phi) is 5.28. The molecule has 0 fully saturated rings. The number of thiazole rings is 1. The van der Waals surface area contributed by atoms with E-state index in [4.69, 9.17) is 0 Å². The topological polar surface area (TPSA) is 85.4 Å². The lowest BCUT2D eigenvalue weighted by molar-refractivity contribution is -0.139. The van der Waals surface area contributed by atoms with Gasteiger partial charge in [0, 0.05) is 6.54 Å². The molecule has 96 valence electrons. The minimum Gasteiger partial charge on any atom is -0.468 e. The van der Waals surface area contributed by atoms with Crippen LogP contribution >= 0.6 is 33.9 Å². The standard InChI is InChI=1S/C8H11IN2O4S2/c1-5-10-4-7(16-5)17(13,14)11-3-6(9)8(12)15-2/h4,6,11H,3H2,1-2H3. The Morgan fingerprint density at radius 3 is 2.82 bits per heavy atom. The van der Waals surface area contributed by atoms with Crippen LogP contribution < -0.4 is 4.72 Å². The van der Waals surface area contributed by atoms with Crippen molar-refractivity contribution >= 4 is 49.9 Å². The molecule has 1 aromatic heterocycles. The fraction of sp³-hybridized carbons (Fsp3) is 0.500. The highest BCUT2D eigenvalue weighted by atomic mass is 127. The fourth-order valence-electron chi connectivity index (χ4n) is 0.931. The molecule has 0 amide bonds. The van der Waals surface area contributed by atoms with E-state index in [0.29, 0.717) is 5.01 Å². The number of esters is 1. The van der Waals surface area contributed by atoms with Gasteiger partial charge in [0.05, 0.1) is 18.3 Å². The minimum absolute atomic E-state index is 0.00743. The molecule has 0 bridgehead atoms. The molecule has 0 saturated heterocycles.